The van der Waals surface area contributed by atoms with E-state index in [-0.39, 0.29) is 23.7 Å². The SMILES string of the molecule is COc1cccc(-n2cc(CNC(=O)c3cn(C(C)C)cc(C(=O)NC(C)(C)C)c3=O)cn2)c1. The van der Waals surface area contributed by atoms with Gasteiger partial charge in [0.15, 0.2) is 0 Å². The van der Waals surface area contributed by atoms with Crippen LogP contribution >= 0.6 is 0 Å². The standard InChI is InChI=1S/C25H31N5O4/c1-16(2)29-14-20(22(31)21(15-29)24(33)28-25(3,4)5)23(32)26-11-17-12-27-30(13-17)18-8-7-9-19(10-18)34-6/h7-10,12-16H,11H2,1-6H3,(H,26,32)(H,28,33). The van der Waals surface area contributed by atoms with E-state index in [1.165, 1.54) is 12.4 Å². The van der Waals surface area contributed by atoms with Crippen LogP contribution in [-0.2, 0) is 6.54 Å². The van der Waals surface area contributed by atoms with Gasteiger partial charge in [0.25, 0.3) is 11.8 Å². The predicted octanol–water partition coefficient (Wildman–Crippen LogP) is 3.08. The molecule has 0 aliphatic heterocycles. The fourth-order valence-corrected chi connectivity index (χ4v) is 3.25. The van der Waals surface area contributed by atoms with Crippen molar-refractivity contribution in [2.45, 2.75) is 52.7 Å². The predicted molar refractivity (Wildman–Crippen MR) is 130 cm³/mol. The third-order valence-electron chi connectivity index (χ3n) is 5.03. The van der Waals surface area contributed by atoms with Crippen LogP contribution in [0.5, 0.6) is 5.75 Å². The number of nitrogens with zero attached hydrogens (tertiary/aromatic N) is 3. The van der Waals surface area contributed by atoms with Gasteiger partial charge in [-0.2, -0.15) is 5.10 Å². The highest BCUT2D eigenvalue weighted by Gasteiger charge is 2.23. The number of nitrogens with one attached hydrogen (secondary N) is 2. The Labute approximate surface area is 198 Å². The second kappa shape index (κ2) is 9.94. The van der Waals surface area contributed by atoms with Crippen molar-refractivity contribution in [1.82, 2.24) is 25.0 Å². The van der Waals surface area contributed by atoms with Crippen LogP contribution in [-0.4, -0.2) is 38.8 Å². The van der Waals surface area contributed by atoms with Crippen LogP contribution in [0.15, 0.2) is 53.8 Å². The Morgan fingerprint density at radius 1 is 1.09 bits per heavy atom. The molecule has 0 atom stereocenters. The number of ether oxygens (including phenoxy) is 1. The Kier molecular flexibility index (Phi) is 7.24. The Morgan fingerprint density at radius 3 is 2.38 bits per heavy atom. The molecule has 9 heteroatoms. The van der Waals surface area contributed by atoms with E-state index in [2.05, 4.69) is 15.7 Å². The minimum atomic E-state index is -0.608. The summed E-state index contributed by atoms with van der Waals surface area (Å²) < 4.78 is 8.61. The third-order valence-corrected chi connectivity index (χ3v) is 5.03. The molecule has 2 N–H and O–H groups in total. The van der Waals surface area contributed by atoms with Crippen molar-refractivity contribution in [1.29, 1.82) is 0 Å². The highest BCUT2D eigenvalue weighted by molar-refractivity contribution is 5.99. The van der Waals surface area contributed by atoms with Crippen molar-refractivity contribution >= 4 is 11.8 Å². The second-order valence-corrected chi connectivity index (χ2v) is 9.34. The van der Waals surface area contributed by atoms with Gasteiger partial charge >= 0.3 is 0 Å². The van der Waals surface area contributed by atoms with E-state index < -0.39 is 22.8 Å². The molecule has 0 bridgehead atoms. The molecule has 2 aromatic heterocycles. The molecule has 0 radical (unpaired) electrons. The number of carbonyl (C=O) groups excluding carboxylic acids is 2. The van der Waals surface area contributed by atoms with Gasteiger partial charge in [0.1, 0.15) is 16.9 Å². The first kappa shape index (κ1) is 24.8. The van der Waals surface area contributed by atoms with E-state index in [0.717, 1.165) is 11.3 Å². The monoisotopic (exact) mass is 465 g/mol. The number of pyridine rings is 1. The maximum atomic E-state index is 13.0. The molecule has 2 heterocycles. The smallest absolute Gasteiger partial charge is 0.257 e. The molecule has 1 aromatic carbocycles. The summed E-state index contributed by atoms with van der Waals surface area (Å²) in [6, 6.07) is 7.39. The van der Waals surface area contributed by atoms with Gasteiger partial charge in [0, 0.05) is 48.3 Å². The molecule has 2 amide bonds. The summed E-state index contributed by atoms with van der Waals surface area (Å²) in [6.45, 7) is 9.47. The normalized spacial score (nSPS) is 11.4. The molecule has 0 fully saturated rings. The number of benzene rings is 1. The number of hydrogen-bond donors (Lipinski definition) is 2. The average Bonchev–Trinajstić information content (AvgIpc) is 3.25. The topological polar surface area (TPSA) is 107 Å². The van der Waals surface area contributed by atoms with Gasteiger partial charge in [0.2, 0.25) is 5.43 Å². The molecule has 0 aliphatic rings. The number of amides is 2. The van der Waals surface area contributed by atoms with Gasteiger partial charge in [-0.3, -0.25) is 14.4 Å². The minimum Gasteiger partial charge on any atom is -0.497 e. The molecule has 3 rings (SSSR count). The molecule has 9 nitrogen and oxygen atoms in total. The van der Waals surface area contributed by atoms with Gasteiger partial charge in [-0.05, 0) is 46.8 Å². The summed E-state index contributed by atoms with van der Waals surface area (Å²) in [5, 5.41) is 9.88. The zero-order valence-corrected chi connectivity index (χ0v) is 20.4. The first-order valence-electron chi connectivity index (χ1n) is 11.0. The van der Waals surface area contributed by atoms with Gasteiger partial charge < -0.3 is 19.9 Å². The third kappa shape index (κ3) is 5.92. The zero-order valence-electron chi connectivity index (χ0n) is 20.4. The first-order valence-corrected chi connectivity index (χ1v) is 11.0. The molecule has 34 heavy (non-hydrogen) atoms. The molecule has 3 aromatic rings. The maximum Gasteiger partial charge on any atom is 0.257 e. The minimum absolute atomic E-state index is 0.0468. The van der Waals surface area contributed by atoms with Crippen LogP contribution in [0.3, 0.4) is 0 Å². The number of carbonyl (C=O) groups is 2. The summed E-state index contributed by atoms with van der Waals surface area (Å²) in [5.74, 6) is -0.361. The van der Waals surface area contributed by atoms with Gasteiger partial charge in [0.05, 0.1) is 19.0 Å². The van der Waals surface area contributed by atoms with Crippen LogP contribution in [0.4, 0.5) is 0 Å². The van der Waals surface area contributed by atoms with Crippen molar-refractivity contribution in [3.8, 4) is 11.4 Å². The summed E-state index contributed by atoms with van der Waals surface area (Å²) in [5.41, 5.74) is 0.282. The van der Waals surface area contributed by atoms with E-state index in [1.54, 1.807) is 28.8 Å². The lowest BCUT2D eigenvalue weighted by Crippen LogP contribution is -2.43. The zero-order chi connectivity index (χ0) is 25.0. The number of hydrogen-bond acceptors (Lipinski definition) is 5. The van der Waals surface area contributed by atoms with Gasteiger partial charge in [-0.15, -0.1) is 0 Å². The first-order chi connectivity index (χ1) is 16.0. The Balaban J connectivity index is 1.81. The van der Waals surface area contributed by atoms with Crippen LogP contribution in [0, 0.1) is 0 Å². The lowest BCUT2D eigenvalue weighted by Gasteiger charge is -2.21. The largest absolute Gasteiger partial charge is 0.497 e. The molecule has 0 saturated heterocycles. The molecule has 0 spiro atoms. The average molecular weight is 466 g/mol. The number of methoxy groups -OCH3 is 1. The molecule has 180 valence electrons. The van der Waals surface area contributed by atoms with E-state index in [0.29, 0.717) is 5.75 Å². The highest BCUT2D eigenvalue weighted by Crippen LogP contribution is 2.16. The summed E-state index contributed by atoms with van der Waals surface area (Å²) in [4.78, 5) is 38.7. The molecular weight excluding hydrogens is 434 g/mol. The quantitative estimate of drug-likeness (QED) is 0.558. The summed E-state index contributed by atoms with van der Waals surface area (Å²) >= 11 is 0. The fourth-order valence-electron chi connectivity index (χ4n) is 3.25. The van der Waals surface area contributed by atoms with Crippen LogP contribution in [0.2, 0.25) is 0 Å². The Hall–Kier alpha value is -3.88. The number of aromatic nitrogens is 3. The lowest BCUT2D eigenvalue weighted by molar-refractivity contribution is 0.0917. The van der Waals surface area contributed by atoms with Crippen molar-refractivity contribution in [3.05, 3.63) is 76.0 Å². The van der Waals surface area contributed by atoms with Crippen molar-refractivity contribution in [2.24, 2.45) is 0 Å². The summed E-state index contributed by atoms with van der Waals surface area (Å²) in [6.07, 6.45) is 6.40. The van der Waals surface area contributed by atoms with E-state index >= 15 is 0 Å². The molecule has 0 unspecified atom stereocenters. The van der Waals surface area contributed by atoms with Gasteiger partial charge in [-0.1, -0.05) is 6.07 Å². The highest BCUT2D eigenvalue weighted by atomic mass is 16.5. The van der Waals surface area contributed by atoms with Crippen LogP contribution < -0.4 is 20.8 Å². The fraction of sp³-hybridized carbons (Fsp3) is 0.360. The second-order valence-electron chi connectivity index (χ2n) is 9.34. The molecule has 0 saturated carbocycles. The van der Waals surface area contributed by atoms with Crippen LogP contribution in [0.1, 0.15) is 66.9 Å². The van der Waals surface area contributed by atoms with E-state index in [4.69, 9.17) is 4.74 Å². The maximum absolute atomic E-state index is 13.0. The Morgan fingerprint density at radius 2 is 1.76 bits per heavy atom. The van der Waals surface area contributed by atoms with E-state index in [9.17, 15) is 14.4 Å². The van der Waals surface area contributed by atoms with Crippen molar-refractivity contribution in [2.75, 3.05) is 7.11 Å². The molecule has 0 aliphatic carbocycles. The lowest BCUT2D eigenvalue weighted by atomic mass is 10.1. The molecular formula is C25H31N5O4. The number of rotatable bonds is 7. The van der Waals surface area contributed by atoms with E-state index in [1.807, 2.05) is 58.9 Å². The van der Waals surface area contributed by atoms with Crippen LogP contribution in [0.25, 0.3) is 5.69 Å². The van der Waals surface area contributed by atoms with Crippen molar-refractivity contribution in [3.63, 3.8) is 0 Å². The van der Waals surface area contributed by atoms with Crippen molar-refractivity contribution < 1.29 is 14.3 Å². The van der Waals surface area contributed by atoms with Gasteiger partial charge in [-0.25, -0.2) is 4.68 Å². The Bertz CT molecular complexity index is 1250. The summed E-state index contributed by atoms with van der Waals surface area (Å²) in [7, 11) is 1.60.